The molecule has 0 unspecified atom stereocenters. The van der Waals surface area contributed by atoms with Gasteiger partial charge in [0.1, 0.15) is 0 Å². The molecule has 64 valence electrons. The highest BCUT2D eigenvalue weighted by molar-refractivity contribution is 5.45. The topological polar surface area (TPSA) is 0 Å². The fraction of sp³-hybridized carbons (Fsp3) is 0.167. The quantitative estimate of drug-likeness (QED) is 0.549. The minimum absolute atomic E-state index is 1.10. The van der Waals surface area contributed by atoms with Crippen LogP contribution in [0, 0.1) is 0 Å². The molecular formula is C12H16. The van der Waals surface area contributed by atoms with Gasteiger partial charge in [-0.2, -0.15) is 0 Å². The minimum Gasteiger partial charge on any atom is -0.0984 e. The Kier molecular flexibility index (Phi) is 5.72. The van der Waals surface area contributed by atoms with Crippen LogP contribution in [0.15, 0.2) is 60.8 Å². The van der Waals surface area contributed by atoms with Gasteiger partial charge in [0.05, 0.1) is 0 Å². The average Bonchev–Trinajstić information content (AvgIpc) is 2.11. The average molecular weight is 160 g/mol. The van der Waals surface area contributed by atoms with Crippen molar-refractivity contribution >= 4 is 0 Å². The Morgan fingerprint density at radius 2 is 1.17 bits per heavy atom. The summed E-state index contributed by atoms with van der Waals surface area (Å²) in [5.41, 5.74) is 2.20. The molecule has 0 aromatic rings. The van der Waals surface area contributed by atoms with Crippen LogP contribution in [0.25, 0.3) is 0 Å². The molecular weight excluding hydrogens is 144 g/mol. The summed E-state index contributed by atoms with van der Waals surface area (Å²) in [7, 11) is 0. The predicted octanol–water partition coefficient (Wildman–Crippen LogP) is 3.81. The van der Waals surface area contributed by atoms with E-state index < -0.39 is 0 Å². The molecule has 0 bridgehead atoms. The van der Waals surface area contributed by atoms with Crippen molar-refractivity contribution < 1.29 is 0 Å². The monoisotopic (exact) mass is 160 g/mol. The third-order valence-electron chi connectivity index (χ3n) is 1.47. The Bertz CT molecular complexity index is 211. The second-order valence-electron chi connectivity index (χ2n) is 2.32. The molecule has 0 saturated heterocycles. The van der Waals surface area contributed by atoms with E-state index in [2.05, 4.69) is 13.2 Å². The highest BCUT2D eigenvalue weighted by Gasteiger charge is 1.90. The first-order valence-electron chi connectivity index (χ1n) is 4.04. The van der Waals surface area contributed by atoms with Gasteiger partial charge in [-0.05, 0) is 25.0 Å². The standard InChI is InChI=1S/C12H16/c1-5-9-11(7-3)12(8-4)10-6-2/h5-10H,3-4H2,1-2H3/b9-5-,10-6-,12-11+. The van der Waals surface area contributed by atoms with Gasteiger partial charge in [0.25, 0.3) is 0 Å². The molecule has 0 aliphatic rings. The first-order valence-corrected chi connectivity index (χ1v) is 4.04. The molecule has 0 radical (unpaired) electrons. The summed E-state index contributed by atoms with van der Waals surface area (Å²) in [6.45, 7) is 11.5. The maximum Gasteiger partial charge on any atom is -0.0194 e. The van der Waals surface area contributed by atoms with Crippen molar-refractivity contribution in [3.05, 3.63) is 60.8 Å². The van der Waals surface area contributed by atoms with Crippen LogP contribution in [-0.4, -0.2) is 0 Å². The van der Waals surface area contributed by atoms with Gasteiger partial charge >= 0.3 is 0 Å². The minimum atomic E-state index is 1.10. The maximum atomic E-state index is 3.74. The highest BCUT2D eigenvalue weighted by atomic mass is 14.0. The summed E-state index contributed by atoms with van der Waals surface area (Å²) < 4.78 is 0. The maximum absolute atomic E-state index is 3.74. The van der Waals surface area contributed by atoms with Gasteiger partial charge in [-0.25, -0.2) is 0 Å². The Labute approximate surface area is 75.3 Å². The van der Waals surface area contributed by atoms with E-state index in [9.17, 15) is 0 Å². The number of allylic oxidation sites excluding steroid dienone is 8. The molecule has 0 rings (SSSR count). The Hall–Kier alpha value is -1.30. The Morgan fingerprint density at radius 1 is 0.833 bits per heavy atom. The van der Waals surface area contributed by atoms with Gasteiger partial charge in [-0.15, -0.1) is 0 Å². The molecule has 0 aromatic carbocycles. The van der Waals surface area contributed by atoms with E-state index in [0.29, 0.717) is 0 Å². The van der Waals surface area contributed by atoms with E-state index >= 15 is 0 Å². The number of hydrogen-bond acceptors (Lipinski definition) is 0. The van der Waals surface area contributed by atoms with Crippen LogP contribution in [0.1, 0.15) is 13.8 Å². The molecule has 0 saturated carbocycles. The van der Waals surface area contributed by atoms with Crippen molar-refractivity contribution in [1.82, 2.24) is 0 Å². The Morgan fingerprint density at radius 3 is 1.33 bits per heavy atom. The lowest BCUT2D eigenvalue weighted by molar-refractivity contribution is 1.54. The molecule has 0 N–H and O–H groups in total. The van der Waals surface area contributed by atoms with Crippen LogP contribution in [0.2, 0.25) is 0 Å². The van der Waals surface area contributed by atoms with Crippen LogP contribution >= 0.6 is 0 Å². The van der Waals surface area contributed by atoms with Crippen LogP contribution in [-0.2, 0) is 0 Å². The molecule has 0 fully saturated rings. The lowest BCUT2D eigenvalue weighted by Crippen LogP contribution is -1.78. The van der Waals surface area contributed by atoms with E-state index in [0.717, 1.165) is 11.1 Å². The zero-order valence-corrected chi connectivity index (χ0v) is 7.88. The van der Waals surface area contributed by atoms with Gasteiger partial charge in [0.2, 0.25) is 0 Å². The molecule has 0 amide bonds. The van der Waals surface area contributed by atoms with E-state index in [4.69, 9.17) is 0 Å². The second-order valence-corrected chi connectivity index (χ2v) is 2.32. The summed E-state index contributed by atoms with van der Waals surface area (Å²) in [6.07, 6.45) is 11.7. The first-order chi connectivity index (χ1) is 5.79. The lowest BCUT2D eigenvalue weighted by Gasteiger charge is -1.98. The lowest BCUT2D eigenvalue weighted by atomic mass is 10.1. The van der Waals surface area contributed by atoms with Crippen molar-refractivity contribution in [2.75, 3.05) is 0 Å². The van der Waals surface area contributed by atoms with Crippen molar-refractivity contribution in [2.24, 2.45) is 0 Å². The van der Waals surface area contributed by atoms with Crippen LogP contribution in [0.5, 0.6) is 0 Å². The largest absolute Gasteiger partial charge is 0.0984 e. The summed E-state index contributed by atoms with van der Waals surface area (Å²) in [5, 5.41) is 0. The van der Waals surface area contributed by atoms with E-state index in [1.165, 1.54) is 0 Å². The van der Waals surface area contributed by atoms with Crippen LogP contribution < -0.4 is 0 Å². The van der Waals surface area contributed by atoms with E-state index in [1.807, 2.05) is 50.3 Å². The SMILES string of the molecule is C=CC(/C=C\C)=C(C=C)\C=C/C. The van der Waals surface area contributed by atoms with Gasteiger partial charge in [-0.3, -0.25) is 0 Å². The first kappa shape index (κ1) is 10.7. The van der Waals surface area contributed by atoms with Crippen molar-refractivity contribution in [3.8, 4) is 0 Å². The highest BCUT2D eigenvalue weighted by Crippen LogP contribution is 2.10. The molecule has 0 aliphatic carbocycles. The summed E-state index contributed by atoms with van der Waals surface area (Å²) in [6, 6.07) is 0. The summed E-state index contributed by atoms with van der Waals surface area (Å²) >= 11 is 0. The molecule has 0 heterocycles. The summed E-state index contributed by atoms with van der Waals surface area (Å²) in [4.78, 5) is 0. The van der Waals surface area contributed by atoms with Gasteiger partial charge in [-0.1, -0.05) is 49.6 Å². The van der Waals surface area contributed by atoms with Crippen molar-refractivity contribution in [1.29, 1.82) is 0 Å². The van der Waals surface area contributed by atoms with Gasteiger partial charge < -0.3 is 0 Å². The third-order valence-corrected chi connectivity index (χ3v) is 1.47. The molecule has 0 nitrogen and oxygen atoms in total. The van der Waals surface area contributed by atoms with Crippen molar-refractivity contribution in [3.63, 3.8) is 0 Å². The van der Waals surface area contributed by atoms with Crippen LogP contribution in [0.3, 0.4) is 0 Å². The normalized spacial score (nSPS) is 13.5. The van der Waals surface area contributed by atoms with E-state index in [-0.39, 0.29) is 0 Å². The fourth-order valence-corrected chi connectivity index (χ4v) is 0.923. The second kappa shape index (κ2) is 6.41. The molecule has 0 aromatic heterocycles. The zero-order chi connectivity index (χ0) is 9.40. The molecule has 12 heavy (non-hydrogen) atoms. The molecule has 0 aliphatic heterocycles. The number of hydrogen-bond donors (Lipinski definition) is 0. The van der Waals surface area contributed by atoms with Gasteiger partial charge in [0, 0.05) is 0 Å². The summed E-state index contributed by atoms with van der Waals surface area (Å²) in [5.74, 6) is 0. The predicted molar refractivity (Wildman–Crippen MR) is 57.0 cm³/mol. The molecule has 0 atom stereocenters. The molecule has 0 spiro atoms. The van der Waals surface area contributed by atoms with E-state index in [1.54, 1.807) is 0 Å². The van der Waals surface area contributed by atoms with Gasteiger partial charge in [0.15, 0.2) is 0 Å². The third kappa shape index (κ3) is 3.20. The van der Waals surface area contributed by atoms with Crippen LogP contribution in [0.4, 0.5) is 0 Å². The fourth-order valence-electron chi connectivity index (χ4n) is 0.923. The van der Waals surface area contributed by atoms with Crippen molar-refractivity contribution in [2.45, 2.75) is 13.8 Å². The number of rotatable bonds is 4. The Balaban J connectivity index is 4.98. The smallest absolute Gasteiger partial charge is 0.0194 e. The zero-order valence-electron chi connectivity index (χ0n) is 7.88. The molecule has 0 heteroatoms.